The van der Waals surface area contributed by atoms with Gasteiger partial charge in [-0.15, -0.1) is 5.10 Å². The first-order valence-corrected chi connectivity index (χ1v) is 2.73. The Hall–Kier alpha value is -1.39. The smallest absolute Gasteiger partial charge is 0.309 e. The highest BCUT2D eigenvalue weighted by atomic mass is 16.5. The number of carbonyl (C=O) groups is 1. The number of hydrogen-bond donors (Lipinski definition) is 0. The van der Waals surface area contributed by atoms with Gasteiger partial charge in [0.05, 0.1) is 0 Å². The zero-order valence-electron chi connectivity index (χ0n) is 5.74. The van der Waals surface area contributed by atoms with Crippen LogP contribution in [0.2, 0.25) is 0 Å². The average molecular weight is 141 g/mol. The fraction of sp³-hybridized carbons (Fsp3) is 0.400. The Morgan fingerprint density at radius 2 is 2.50 bits per heavy atom. The van der Waals surface area contributed by atoms with E-state index < -0.39 is 0 Å². The van der Waals surface area contributed by atoms with Crippen molar-refractivity contribution in [2.45, 2.75) is 6.92 Å². The molecule has 0 amide bonds. The molecule has 0 N–H and O–H groups in total. The lowest BCUT2D eigenvalue weighted by molar-refractivity contribution is -0.132. The Labute approximate surface area is 57.6 Å². The van der Waals surface area contributed by atoms with Crippen LogP contribution in [-0.4, -0.2) is 21.0 Å². The van der Waals surface area contributed by atoms with E-state index in [1.165, 1.54) is 17.8 Å². The monoisotopic (exact) mass is 141 g/mol. The number of esters is 1. The van der Waals surface area contributed by atoms with E-state index in [1.807, 2.05) is 0 Å². The van der Waals surface area contributed by atoms with E-state index in [0.29, 0.717) is 5.88 Å². The van der Waals surface area contributed by atoms with Gasteiger partial charge in [0.1, 0.15) is 6.20 Å². The van der Waals surface area contributed by atoms with Gasteiger partial charge in [0.2, 0.25) is 5.88 Å². The van der Waals surface area contributed by atoms with Crippen molar-refractivity contribution in [2.24, 2.45) is 7.05 Å². The minimum absolute atomic E-state index is 0.354. The van der Waals surface area contributed by atoms with Gasteiger partial charge in [0.25, 0.3) is 0 Å². The molecule has 5 nitrogen and oxygen atoms in total. The van der Waals surface area contributed by atoms with Gasteiger partial charge in [-0.25, -0.2) is 4.68 Å². The van der Waals surface area contributed by atoms with Gasteiger partial charge in [-0.05, 0) is 0 Å². The molecule has 54 valence electrons. The van der Waals surface area contributed by atoms with Crippen LogP contribution < -0.4 is 4.74 Å². The Morgan fingerprint density at radius 1 is 1.80 bits per heavy atom. The summed E-state index contributed by atoms with van der Waals surface area (Å²) >= 11 is 0. The fourth-order valence-corrected chi connectivity index (χ4v) is 0.520. The van der Waals surface area contributed by atoms with E-state index in [-0.39, 0.29) is 5.97 Å². The minimum Gasteiger partial charge on any atom is -0.406 e. The largest absolute Gasteiger partial charge is 0.406 e. The predicted octanol–water partition coefficient (Wildman–Crippen LogP) is -0.260. The highest BCUT2D eigenvalue weighted by Crippen LogP contribution is 2.03. The SMILES string of the molecule is CC(=O)Oc1cnnn1C. The van der Waals surface area contributed by atoms with E-state index in [1.54, 1.807) is 7.05 Å². The van der Waals surface area contributed by atoms with Crippen molar-refractivity contribution >= 4 is 5.97 Å². The molecule has 1 heterocycles. The maximum Gasteiger partial charge on any atom is 0.309 e. The molecule has 0 saturated carbocycles. The zero-order chi connectivity index (χ0) is 7.56. The maximum absolute atomic E-state index is 10.4. The number of rotatable bonds is 1. The van der Waals surface area contributed by atoms with Crippen LogP contribution in [-0.2, 0) is 11.8 Å². The van der Waals surface area contributed by atoms with Crippen molar-refractivity contribution in [3.8, 4) is 5.88 Å². The lowest BCUT2D eigenvalue weighted by Gasteiger charge is -1.96. The summed E-state index contributed by atoms with van der Waals surface area (Å²) in [4.78, 5) is 10.4. The molecule has 0 aromatic carbocycles. The van der Waals surface area contributed by atoms with Crippen LogP contribution in [0.15, 0.2) is 6.20 Å². The van der Waals surface area contributed by atoms with Gasteiger partial charge in [0.15, 0.2) is 0 Å². The van der Waals surface area contributed by atoms with Crippen LogP contribution in [0.1, 0.15) is 6.92 Å². The highest BCUT2D eigenvalue weighted by molar-refractivity contribution is 5.68. The van der Waals surface area contributed by atoms with Crippen molar-refractivity contribution in [1.29, 1.82) is 0 Å². The molecule has 1 aromatic rings. The van der Waals surface area contributed by atoms with Crippen LogP contribution in [0.25, 0.3) is 0 Å². The predicted molar refractivity (Wildman–Crippen MR) is 32.3 cm³/mol. The number of aromatic nitrogens is 3. The van der Waals surface area contributed by atoms with E-state index in [0.717, 1.165) is 0 Å². The van der Waals surface area contributed by atoms with Gasteiger partial charge in [-0.1, -0.05) is 5.21 Å². The Kier molecular flexibility index (Phi) is 1.66. The third kappa shape index (κ3) is 1.31. The molecule has 0 unspecified atom stereocenters. The first kappa shape index (κ1) is 6.73. The lowest BCUT2D eigenvalue weighted by atomic mass is 10.7. The second-order valence-corrected chi connectivity index (χ2v) is 1.79. The summed E-state index contributed by atoms with van der Waals surface area (Å²) < 4.78 is 6.06. The van der Waals surface area contributed by atoms with Crippen molar-refractivity contribution in [3.63, 3.8) is 0 Å². The maximum atomic E-state index is 10.4. The third-order valence-corrected chi connectivity index (χ3v) is 0.921. The first-order chi connectivity index (χ1) is 4.70. The summed E-state index contributed by atoms with van der Waals surface area (Å²) in [7, 11) is 1.64. The van der Waals surface area contributed by atoms with Gasteiger partial charge >= 0.3 is 5.97 Å². The average Bonchev–Trinajstić information content (AvgIpc) is 2.15. The Bertz CT molecular complexity index is 243. The summed E-state index contributed by atoms with van der Waals surface area (Å²) in [6.45, 7) is 1.33. The quantitative estimate of drug-likeness (QED) is 0.505. The number of hydrogen-bond acceptors (Lipinski definition) is 4. The molecule has 0 aliphatic rings. The van der Waals surface area contributed by atoms with E-state index in [4.69, 9.17) is 0 Å². The van der Waals surface area contributed by atoms with Crippen LogP contribution in [0.3, 0.4) is 0 Å². The number of carbonyl (C=O) groups excluding carboxylic acids is 1. The number of nitrogens with zero attached hydrogens (tertiary/aromatic N) is 3. The normalized spacial score (nSPS) is 9.40. The Balaban J connectivity index is 2.74. The van der Waals surface area contributed by atoms with Crippen molar-refractivity contribution in [2.75, 3.05) is 0 Å². The third-order valence-electron chi connectivity index (χ3n) is 0.921. The molecule has 1 aromatic heterocycles. The molecular formula is C5H7N3O2. The van der Waals surface area contributed by atoms with Gasteiger partial charge in [-0.3, -0.25) is 4.79 Å². The molecule has 1 rings (SSSR count). The van der Waals surface area contributed by atoms with Crippen molar-refractivity contribution in [1.82, 2.24) is 15.0 Å². The first-order valence-electron chi connectivity index (χ1n) is 2.73. The molecule has 0 saturated heterocycles. The number of aryl methyl sites for hydroxylation is 1. The standard InChI is InChI=1S/C5H7N3O2/c1-4(9)10-5-3-6-7-8(5)2/h3H,1-2H3. The molecular weight excluding hydrogens is 134 g/mol. The van der Waals surface area contributed by atoms with E-state index in [2.05, 4.69) is 15.0 Å². The molecule has 0 aliphatic heterocycles. The highest BCUT2D eigenvalue weighted by Gasteiger charge is 2.01. The molecule has 0 radical (unpaired) electrons. The summed E-state index contributed by atoms with van der Waals surface area (Å²) in [5, 5.41) is 7.07. The second-order valence-electron chi connectivity index (χ2n) is 1.79. The van der Waals surface area contributed by atoms with E-state index >= 15 is 0 Å². The molecule has 0 bridgehead atoms. The summed E-state index contributed by atoms with van der Waals surface area (Å²) in [6, 6.07) is 0. The van der Waals surface area contributed by atoms with Gasteiger partial charge in [0, 0.05) is 14.0 Å². The van der Waals surface area contributed by atoms with Gasteiger partial charge < -0.3 is 4.74 Å². The van der Waals surface area contributed by atoms with Gasteiger partial charge in [-0.2, -0.15) is 0 Å². The lowest BCUT2D eigenvalue weighted by Crippen LogP contribution is -2.05. The van der Waals surface area contributed by atoms with Crippen LogP contribution >= 0.6 is 0 Å². The van der Waals surface area contributed by atoms with Crippen molar-refractivity contribution in [3.05, 3.63) is 6.20 Å². The number of ether oxygens (including phenoxy) is 1. The minimum atomic E-state index is -0.370. The summed E-state index contributed by atoms with van der Waals surface area (Å²) in [5.41, 5.74) is 0. The zero-order valence-corrected chi connectivity index (χ0v) is 5.74. The second kappa shape index (κ2) is 2.47. The fourth-order valence-electron chi connectivity index (χ4n) is 0.520. The summed E-state index contributed by atoms with van der Waals surface area (Å²) in [5.74, 6) is -0.0158. The Morgan fingerprint density at radius 3 is 2.90 bits per heavy atom. The van der Waals surface area contributed by atoms with Crippen LogP contribution in [0.5, 0.6) is 5.88 Å². The molecule has 0 aliphatic carbocycles. The molecule has 0 fully saturated rings. The topological polar surface area (TPSA) is 57.0 Å². The summed E-state index contributed by atoms with van der Waals surface area (Å²) in [6.07, 6.45) is 1.38. The van der Waals surface area contributed by atoms with Crippen molar-refractivity contribution < 1.29 is 9.53 Å². The molecule has 0 atom stereocenters. The van der Waals surface area contributed by atoms with Crippen LogP contribution in [0, 0.1) is 0 Å². The molecule has 5 heteroatoms. The van der Waals surface area contributed by atoms with Crippen LogP contribution in [0.4, 0.5) is 0 Å². The van der Waals surface area contributed by atoms with E-state index in [9.17, 15) is 4.79 Å². The molecule has 10 heavy (non-hydrogen) atoms. The molecule has 0 spiro atoms.